The van der Waals surface area contributed by atoms with E-state index >= 15 is 0 Å². The van der Waals surface area contributed by atoms with Crippen LogP contribution in [0.25, 0.3) is 0 Å². The first-order valence-corrected chi connectivity index (χ1v) is 6.26. The molecule has 0 aromatic rings. The fraction of sp³-hybridized carbons (Fsp3) is 0.917. The van der Waals surface area contributed by atoms with Gasteiger partial charge in [0.25, 0.3) is 0 Å². The minimum Gasteiger partial charge on any atom is -0.381 e. The average Bonchev–Trinajstić information content (AvgIpc) is 2.80. The van der Waals surface area contributed by atoms with Gasteiger partial charge in [-0.25, -0.2) is 0 Å². The molecule has 2 aliphatic heterocycles. The fourth-order valence-electron chi connectivity index (χ4n) is 2.39. The predicted molar refractivity (Wildman–Crippen MR) is 62.1 cm³/mol. The Balaban J connectivity index is 1.75. The van der Waals surface area contributed by atoms with Crippen LogP contribution in [0.5, 0.6) is 0 Å². The summed E-state index contributed by atoms with van der Waals surface area (Å²) in [4.78, 5) is 11.8. The zero-order valence-corrected chi connectivity index (χ0v) is 10.1. The summed E-state index contributed by atoms with van der Waals surface area (Å²) in [5.74, 6) is 0.266. The second kappa shape index (κ2) is 5.15. The van der Waals surface area contributed by atoms with Gasteiger partial charge in [0.05, 0.1) is 12.5 Å². The fourth-order valence-corrected chi connectivity index (χ4v) is 2.39. The normalized spacial score (nSPS) is 28.9. The summed E-state index contributed by atoms with van der Waals surface area (Å²) in [7, 11) is 0. The first-order chi connectivity index (χ1) is 7.70. The Kier molecular flexibility index (Phi) is 3.82. The summed E-state index contributed by atoms with van der Waals surface area (Å²) in [5.41, 5.74) is 0.278. The van der Waals surface area contributed by atoms with E-state index in [9.17, 15) is 4.79 Å². The topological polar surface area (TPSA) is 50.4 Å². The van der Waals surface area contributed by atoms with Crippen molar-refractivity contribution in [2.75, 3.05) is 32.8 Å². The first kappa shape index (κ1) is 11.9. The zero-order valence-electron chi connectivity index (χ0n) is 10.1. The van der Waals surface area contributed by atoms with Gasteiger partial charge in [-0.1, -0.05) is 6.92 Å². The number of piperidine rings is 1. The molecule has 1 unspecified atom stereocenters. The Hall–Kier alpha value is -0.610. The summed E-state index contributed by atoms with van der Waals surface area (Å²) in [6, 6.07) is 0. The summed E-state index contributed by atoms with van der Waals surface area (Å²) in [6.07, 6.45) is 3.17. The molecule has 1 atom stereocenters. The second-order valence-corrected chi connectivity index (χ2v) is 5.34. The lowest BCUT2D eigenvalue weighted by atomic mass is 9.81. The quantitative estimate of drug-likeness (QED) is 0.738. The van der Waals surface area contributed by atoms with Crippen LogP contribution in [0.15, 0.2) is 0 Å². The first-order valence-electron chi connectivity index (χ1n) is 6.26. The average molecular weight is 226 g/mol. The van der Waals surface area contributed by atoms with Crippen molar-refractivity contribution in [2.45, 2.75) is 26.2 Å². The molecule has 0 aromatic carbocycles. The number of nitrogens with one attached hydrogen (secondary N) is 2. The van der Waals surface area contributed by atoms with Crippen molar-refractivity contribution in [1.82, 2.24) is 10.6 Å². The number of hydrogen-bond donors (Lipinski definition) is 2. The van der Waals surface area contributed by atoms with E-state index < -0.39 is 0 Å². The van der Waals surface area contributed by atoms with E-state index in [0.29, 0.717) is 6.61 Å². The van der Waals surface area contributed by atoms with Gasteiger partial charge in [-0.05, 0) is 37.8 Å². The minimum absolute atomic E-state index is 0.0883. The Labute approximate surface area is 97.1 Å². The van der Waals surface area contributed by atoms with Crippen LogP contribution < -0.4 is 10.6 Å². The maximum absolute atomic E-state index is 11.8. The van der Waals surface area contributed by atoms with Crippen molar-refractivity contribution in [1.29, 1.82) is 0 Å². The molecule has 0 spiro atoms. The second-order valence-electron chi connectivity index (χ2n) is 5.34. The molecule has 4 heteroatoms. The van der Waals surface area contributed by atoms with E-state index in [1.165, 1.54) is 0 Å². The van der Waals surface area contributed by atoms with Crippen molar-refractivity contribution in [3.05, 3.63) is 0 Å². The number of rotatable bonds is 3. The van der Waals surface area contributed by atoms with E-state index in [2.05, 4.69) is 17.6 Å². The van der Waals surface area contributed by atoms with E-state index in [4.69, 9.17) is 4.74 Å². The third-order valence-electron chi connectivity index (χ3n) is 3.80. The molecule has 0 aromatic heterocycles. The van der Waals surface area contributed by atoms with E-state index in [0.717, 1.165) is 45.5 Å². The van der Waals surface area contributed by atoms with Gasteiger partial charge in [0.15, 0.2) is 0 Å². The van der Waals surface area contributed by atoms with Crippen LogP contribution in [0.1, 0.15) is 26.2 Å². The molecule has 16 heavy (non-hydrogen) atoms. The molecule has 2 N–H and O–H groups in total. The number of carbonyl (C=O) groups excluding carboxylic acids is 1. The molecule has 92 valence electrons. The molecular weight excluding hydrogens is 204 g/mol. The predicted octanol–water partition coefficient (Wildman–Crippen LogP) is 0.529. The van der Waals surface area contributed by atoms with Gasteiger partial charge in [0, 0.05) is 13.2 Å². The van der Waals surface area contributed by atoms with Crippen molar-refractivity contribution in [2.24, 2.45) is 11.3 Å². The molecule has 0 saturated carbocycles. The summed E-state index contributed by atoms with van der Waals surface area (Å²) >= 11 is 0. The van der Waals surface area contributed by atoms with Crippen LogP contribution in [0.2, 0.25) is 0 Å². The molecule has 2 rings (SSSR count). The highest BCUT2D eigenvalue weighted by Gasteiger charge is 2.29. The standard InChI is InChI=1S/C12H22N2O2/c1-12(3-5-13-6-4-12)9-14-11(15)10-2-7-16-8-10/h10,13H,2-9H2,1H3,(H,14,15). The number of carbonyl (C=O) groups is 1. The van der Waals surface area contributed by atoms with Gasteiger partial charge >= 0.3 is 0 Å². The molecule has 4 nitrogen and oxygen atoms in total. The monoisotopic (exact) mass is 226 g/mol. The van der Waals surface area contributed by atoms with Crippen LogP contribution >= 0.6 is 0 Å². The van der Waals surface area contributed by atoms with Crippen LogP contribution in [-0.2, 0) is 9.53 Å². The lowest BCUT2D eigenvalue weighted by Gasteiger charge is -2.34. The van der Waals surface area contributed by atoms with E-state index in [1.54, 1.807) is 0 Å². The SMILES string of the molecule is CC1(CNC(=O)C2CCOC2)CCNCC1. The molecule has 2 fully saturated rings. The molecule has 0 radical (unpaired) electrons. The van der Waals surface area contributed by atoms with Crippen molar-refractivity contribution < 1.29 is 9.53 Å². The third kappa shape index (κ3) is 2.95. The third-order valence-corrected chi connectivity index (χ3v) is 3.80. The van der Waals surface area contributed by atoms with E-state index in [-0.39, 0.29) is 17.2 Å². The van der Waals surface area contributed by atoms with Gasteiger partial charge < -0.3 is 15.4 Å². The van der Waals surface area contributed by atoms with Crippen molar-refractivity contribution in [3.8, 4) is 0 Å². The molecule has 2 saturated heterocycles. The number of hydrogen-bond acceptors (Lipinski definition) is 3. The summed E-state index contributed by atoms with van der Waals surface area (Å²) < 4.78 is 5.22. The van der Waals surface area contributed by atoms with Gasteiger partial charge in [0.1, 0.15) is 0 Å². The molecule has 1 amide bonds. The summed E-state index contributed by atoms with van der Waals surface area (Å²) in [5, 5.41) is 6.44. The van der Waals surface area contributed by atoms with Crippen LogP contribution in [0, 0.1) is 11.3 Å². The summed E-state index contributed by atoms with van der Waals surface area (Å²) in [6.45, 7) is 6.55. The Morgan fingerprint density at radius 3 is 2.88 bits per heavy atom. The lowest BCUT2D eigenvalue weighted by Crippen LogP contribution is -2.44. The van der Waals surface area contributed by atoms with Gasteiger partial charge in [-0.15, -0.1) is 0 Å². The Bertz CT molecular complexity index is 243. The van der Waals surface area contributed by atoms with Crippen LogP contribution in [0.3, 0.4) is 0 Å². The maximum Gasteiger partial charge on any atom is 0.225 e. The largest absolute Gasteiger partial charge is 0.381 e. The van der Waals surface area contributed by atoms with Crippen molar-refractivity contribution >= 4 is 5.91 Å². The zero-order chi connectivity index (χ0) is 11.4. The molecule has 0 aliphatic carbocycles. The lowest BCUT2D eigenvalue weighted by molar-refractivity contribution is -0.125. The number of amides is 1. The van der Waals surface area contributed by atoms with Crippen LogP contribution in [0.4, 0.5) is 0 Å². The van der Waals surface area contributed by atoms with Crippen molar-refractivity contribution in [3.63, 3.8) is 0 Å². The number of ether oxygens (including phenoxy) is 1. The van der Waals surface area contributed by atoms with Gasteiger partial charge in [-0.3, -0.25) is 4.79 Å². The molecule has 2 aliphatic rings. The minimum atomic E-state index is 0.0883. The molecular formula is C12H22N2O2. The maximum atomic E-state index is 11.8. The molecule has 0 bridgehead atoms. The molecule has 2 heterocycles. The Morgan fingerprint density at radius 1 is 1.50 bits per heavy atom. The Morgan fingerprint density at radius 2 is 2.25 bits per heavy atom. The van der Waals surface area contributed by atoms with Gasteiger partial charge in [-0.2, -0.15) is 0 Å². The highest BCUT2D eigenvalue weighted by molar-refractivity contribution is 5.79. The van der Waals surface area contributed by atoms with E-state index in [1.807, 2.05) is 0 Å². The smallest absolute Gasteiger partial charge is 0.225 e. The highest BCUT2D eigenvalue weighted by atomic mass is 16.5. The van der Waals surface area contributed by atoms with Crippen LogP contribution in [-0.4, -0.2) is 38.8 Å². The highest BCUT2D eigenvalue weighted by Crippen LogP contribution is 2.26. The van der Waals surface area contributed by atoms with Gasteiger partial charge in [0.2, 0.25) is 5.91 Å².